The van der Waals surface area contributed by atoms with Gasteiger partial charge in [0.1, 0.15) is 5.54 Å². The minimum atomic E-state index is -3.55. The normalized spacial score (nSPS) is 30.8. The largest absolute Gasteiger partial charge is 0.322 e. The molecule has 3 N–H and O–H groups in total. The summed E-state index contributed by atoms with van der Waals surface area (Å²) in [4.78, 5) is 22.5. The van der Waals surface area contributed by atoms with Crippen LogP contribution in [0.25, 0.3) is 0 Å². The summed E-state index contributed by atoms with van der Waals surface area (Å²) in [6, 6.07) is -0.575. The van der Waals surface area contributed by atoms with Gasteiger partial charge in [-0.05, 0) is 6.42 Å². The lowest BCUT2D eigenvalue weighted by Gasteiger charge is -2.20. The molecule has 0 aromatic rings. The molecule has 2 aliphatic rings. The Morgan fingerprint density at radius 1 is 1.44 bits per heavy atom. The molecule has 16 heavy (non-hydrogen) atoms. The van der Waals surface area contributed by atoms with Crippen molar-refractivity contribution in [1.29, 1.82) is 0 Å². The molecule has 0 aliphatic carbocycles. The van der Waals surface area contributed by atoms with E-state index in [0.29, 0.717) is 0 Å². The van der Waals surface area contributed by atoms with Crippen molar-refractivity contribution < 1.29 is 18.0 Å². The molecule has 2 fully saturated rings. The third-order valence-corrected chi connectivity index (χ3v) is 4.35. The van der Waals surface area contributed by atoms with Crippen LogP contribution in [0.2, 0.25) is 0 Å². The van der Waals surface area contributed by atoms with E-state index < -0.39 is 27.7 Å². The Bertz CT molecular complexity index is 447. The predicted molar refractivity (Wildman–Crippen MR) is 53.6 cm³/mol. The summed E-state index contributed by atoms with van der Waals surface area (Å²) in [5, 5.41) is 4.58. The van der Waals surface area contributed by atoms with Gasteiger partial charge in [0.25, 0.3) is 16.1 Å². The third kappa shape index (κ3) is 1.56. The number of urea groups is 1. The summed E-state index contributed by atoms with van der Waals surface area (Å²) in [7, 11) is -2.25. The lowest BCUT2D eigenvalue weighted by molar-refractivity contribution is -0.123. The van der Waals surface area contributed by atoms with Crippen LogP contribution in [0.5, 0.6) is 0 Å². The van der Waals surface area contributed by atoms with Crippen molar-refractivity contribution in [3.63, 3.8) is 0 Å². The van der Waals surface area contributed by atoms with E-state index in [4.69, 9.17) is 0 Å². The molecule has 2 saturated heterocycles. The van der Waals surface area contributed by atoms with Crippen LogP contribution in [0, 0.1) is 0 Å². The first-order valence-corrected chi connectivity index (χ1v) is 6.16. The molecule has 2 heterocycles. The Kier molecular flexibility index (Phi) is 2.40. The fraction of sp³-hybridized carbons (Fsp3) is 0.714. The smallest absolute Gasteiger partial charge is 0.322 e. The third-order valence-electron chi connectivity index (χ3n) is 2.85. The van der Waals surface area contributed by atoms with Crippen molar-refractivity contribution in [2.45, 2.75) is 12.0 Å². The number of hydrogen-bond acceptors (Lipinski definition) is 4. The molecule has 1 spiro atoms. The highest BCUT2D eigenvalue weighted by molar-refractivity contribution is 7.87. The van der Waals surface area contributed by atoms with Crippen LogP contribution in [0.4, 0.5) is 4.79 Å². The molecule has 2 aliphatic heterocycles. The van der Waals surface area contributed by atoms with Gasteiger partial charge in [-0.15, -0.1) is 0 Å². The van der Waals surface area contributed by atoms with Crippen molar-refractivity contribution in [2.75, 3.05) is 20.1 Å². The monoisotopic (exact) mass is 248 g/mol. The number of rotatable bonds is 2. The summed E-state index contributed by atoms with van der Waals surface area (Å²) in [5.74, 6) is -0.466. The van der Waals surface area contributed by atoms with Crippen molar-refractivity contribution in [1.82, 2.24) is 19.7 Å². The number of nitrogens with zero attached hydrogens (tertiary/aromatic N) is 1. The summed E-state index contributed by atoms with van der Waals surface area (Å²) < 4.78 is 26.3. The summed E-state index contributed by atoms with van der Waals surface area (Å²) >= 11 is 0. The van der Waals surface area contributed by atoms with Crippen LogP contribution >= 0.6 is 0 Å². The van der Waals surface area contributed by atoms with E-state index in [0.717, 1.165) is 4.31 Å². The molecule has 0 aromatic heterocycles. The molecule has 9 heteroatoms. The van der Waals surface area contributed by atoms with Crippen LogP contribution in [-0.4, -0.2) is 50.3 Å². The number of carbonyl (C=O) groups excluding carboxylic acids is 2. The van der Waals surface area contributed by atoms with Gasteiger partial charge in [-0.3, -0.25) is 10.1 Å². The fourth-order valence-electron chi connectivity index (χ4n) is 1.92. The van der Waals surface area contributed by atoms with E-state index in [1.54, 1.807) is 0 Å². The van der Waals surface area contributed by atoms with Crippen LogP contribution < -0.4 is 15.4 Å². The molecule has 0 radical (unpaired) electrons. The lowest BCUT2D eigenvalue weighted by Crippen LogP contribution is -2.50. The first-order valence-electron chi connectivity index (χ1n) is 4.72. The van der Waals surface area contributed by atoms with Gasteiger partial charge >= 0.3 is 6.03 Å². The molecule has 2 rings (SSSR count). The van der Waals surface area contributed by atoms with E-state index >= 15 is 0 Å². The highest BCUT2D eigenvalue weighted by Gasteiger charge is 2.52. The fourth-order valence-corrected chi connectivity index (χ4v) is 2.90. The first-order chi connectivity index (χ1) is 7.39. The lowest BCUT2D eigenvalue weighted by atomic mass is 10.00. The zero-order chi connectivity index (χ0) is 12.0. The maximum absolute atomic E-state index is 11.5. The Morgan fingerprint density at radius 3 is 2.62 bits per heavy atom. The number of amides is 3. The molecule has 0 bridgehead atoms. The van der Waals surface area contributed by atoms with Crippen LogP contribution in [0.15, 0.2) is 0 Å². The molecule has 8 nitrogen and oxygen atoms in total. The molecular weight excluding hydrogens is 236 g/mol. The highest BCUT2D eigenvalue weighted by atomic mass is 32.2. The quantitative estimate of drug-likeness (QED) is 0.479. The Hall–Kier alpha value is -1.19. The highest BCUT2D eigenvalue weighted by Crippen LogP contribution is 2.25. The second kappa shape index (κ2) is 3.40. The summed E-state index contributed by atoms with van der Waals surface area (Å²) in [6.07, 6.45) is 0.283. The standard InChI is InChI=1S/C7H12N4O4S/c1-8-16(14,15)11-3-2-7(4-11)5(12)9-6(13)10-7/h8H,2-4H2,1H3,(H2,9,10,12,13). The van der Waals surface area contributed by atoms with E-state index in [1.165, 1.54) is 7.05 Å². The summed E-state index contributed by atoms with van der Waals surface area (Å²) in [6.45, 7) is 0.171. The SMILES string of the molecule is CNS(=O)(=O)N1CCC2(C1)NC(=O)NC2=O. The van der Waals surface area contributed by atoms with Gasteiger partial charge in [0.2, 0.25) is 0 Å². The Balaban J connectivity index is 2.20. The second-order valence-electron chi connectivity index (χ2n) is 3.78. The molecule has 0 aromatic carbocycles. The average molecular weight is 248 g/mol. The number of hydrogen-bond donors (Lipinski definition) is 3. The van der Waals surface area contributed by atoms with E-state index in [9.17, 15) is 18.0 Å². The topological polar surface area (TPSA) is 108 Å². The second-order valence-corrected chi connectivity index (χ2v) is 5.66. The maximum atomic E-state index is 11.5. The Morgan fingerprint density at radius 2 is 2.12 bits per heavy atom. The minimum absolute atomic E-state index is 0.0340. The van der Waals surface area contributed by atoms with E-state index in [-0.39, 0.29) is 19.5 Å². The van der Waals surface area contributed by atoms with Gasteiger partial charge in [0.05, 0.1) is 0 Å². The van der Waals surface area contributed by atoms with Crippen molar-refractivity contribution in [3.8, 4) is 0 Å². The molecule has 0 saturated carbocycles. The van der Waals surface area contributed by atoms with Crippen LogP contribution in [0.3, 0.4) is 0 Å². The van der Waals surface area contributed by atoms with E-state index in [2.05, 4.69) is 15.4 Å². The van der Waals surface area contributed by atoms with Gasteiger partial charge in [-0.2, -0.15) is 12.7 Å². The molecular formula is C7H12N4O4S. The van der Waals surface area contributed by atoms with Gasteiger partial charge in [-0.1, -0.05) is 0 Å². The molecule has 3 amide bonds. The average Bonchev–Trinajstić information content (AvgIpc) is 2.74. The number of imide groups is 1. The number of carbonyl (C=O) groups is 2. The number of nitrogens with one attached hydrogen (secondary N) is 3. The zero-order valence-corrected chi connectivity index (χ0v) is 9.43. The van der Waals surface area contributed by atoms with E-state index in [1.807, 2.05) is 0 Å². The molecule has 90 valence electrons. The molecule has 1 atom stereocenters. The maximum Gasteiger partial charge on any atom is 0.322 e. The minimum Gasteiger partial charge on any atom is -0.322 e. The van der Waals surface area contributed by atoms with Gasteiger partial charge in [-0.25, -0.2) is 9.52 Å². The summed E-state index contributed by atoms with van der Waals surface area (Å²) in [5.41, 5.74) is -1.10. The van der Waals surface area contributed by atoms with Gasteiger partial charge in [0.15, 0.2) is 0 Å². The van der Waals surface area contributed by atoms with Crippen molar-refractivity contribution in [2.24, 2.45) is 0 Å². The van der Waals surface area contributed by atoms with Crippen molar-refractivity contribution in [3.05, 3.63) is 0 Å². The first kappa shape index (κ1) is 11.3. The van der Waals surface area contributed by atoms with Crippen LogP contribution in [-0.2, 0) is 15.0 Å². The molecule has 1 unspecified atom stereocenters. The van der Waals surface area contributed by atoms with Crippen molar-refractivity contribution >= 4 is 22.1 Å². The van der Waals surface area contributed by atoms with Crippen LogP contribution in [0.1, 0.15) is 6.42 Å². The predicted octanol–water partition coefficient (Wildman–Crippen LogP) is -2.27. The zero-order valence-electron chi connectivity index (χ0n) is 8.61. The van der Waals surface area contributed by atoms with Gasteiger partial charge in [0, 0.05) is 20.1 Å². The Labute approximate surface area is 92.5 Å². The van der Waals surface area contributed by atoms with Gasteiger partial charge < -0.3 is 5.32 Å².